The van der Waals surface area contributed by atoms with Crippen LogP contribution in [0, 0.1) is 19.8 Å². The van der Waals surface area contributed by atoms with Crippen LogP contribution in [-0.2, 0) is 19.1 Å². The highest BCUT2D eigenvalue weighted by Gasteiger charge is 2.37. The van der Waals surface area contributed by atoms with Crippen molar-refractivity contribution in [2.45, 2.75) is 20.3 Å². The molecule has 0 spiro atoms. The Balaban J connectivity index is 1.55. The van der Waals surface area contributed by atoms with Gasteiger partial charge < -0.3 is 15.0 Å². The number of halogens is 1. The highest BCUT2D eigenvalue weighted by Crippen LogP contribution is 2.31. The fourth-order valence-electron chi connectivity index (χ4n) is 3.10. The minimum atomic E-state index is -0.628. The lowest BCUT2D eigenvalue weighted by Crippen LogP contribution is -2.28. The Morgan fingerprint density at radius 3 is 2.68 bits per heavy atom. The maximum Gasteiger partial charge on any atom is 0.311 e. The maximum absolute atomic E-state index is 12.3. The van der Waals surface area contributed by atoms with Crippen LogP contribution in [0.15, 0.2) is 42.5 Å². The quantitative estimate of drug-likeness (QED) is 0.779. The second-order valence-electron chi connectivity index (χ2n) is 6.76. The molecular formula is C21H21ClN2O4. The molecule has 0 unspecified atom stereocenters. The van der Waals surface area contributed by atoms with E-state index in [0.717, 1.165) is 11.1 Å². The van der Waals surface area contributed by atoms with Crippen LogP contribution < -0.4 is 10.2 Å². The lowest BCUT2D eigenvalue weighted by atomic mass is 10.1. The van der Waals surface area contributed by atoms with Gasteiger partial charge in [0.2, 0.25) is 5.91 Å². The number of carbonyl (C=O) groups is 3. The number of rotatable bonds is 5. The lowest BCUT2D eigenvalue weighted by molar-refractivity contribution is -0.151. The molecule has 0 radical (unpaired) electrons. The third-order valence-corrected chi connectivity index (χ3v) is 5.15. The van der Waals surface area contributed by atoms with Crippen LogP contribution in [0.25, 0.3) is 0 Å². The van der Waals surface area contributed by atoms with Gasteiger partial charge in [-0.25, -0.2) is 0 Å². The molecule has 28 heavy (non-hydrogen) atoms. The summed E-state index contributed by atoms with van der Waals surface area (Å²) in [6.07, 6.45) is 0.0304. The van der Waals surface area contributed by atoms with E-state index in [1.165, 1.54) is 4.90 Å². The predicted molar refractivity (Wildman–Crippen MR) is 107 cm³/mol. The number of aryl methyl sites for hydroxylation is 1. The number of carbonyl (C=O) groups excluding carboxylic acids is 3. The van der Waals surface area contributed by atoms with Crippen LogP contribution >= 0.6 is 11.6 Å². The molecule has 0 bridgehead atoms. The molecule has 1 saturated heterocycles. The van der Waals surface area contributed by atoms with Gasteiger partial charge in [-0.1, -0.05) is 35.9 Å². The summed E-state index contributed by atoms with van der Waals surface area (Å²) in [6.45, 7) is 3.64. The van der Waals surface area contributed by atoms with Crippen molar-refractivity contribution in [3.8, 4) is 0 Å². The van der Waals surface area contributed by atoms with Crippen molar-refractivity contribution in [1.29, 1.82) is 0 Å². The second-order valence-corrected chi connectivity index (χ2v) is 7.17. The van der Waals surface area contributed by atoms with Crippen molar-refractivity contribution >= 4 is 40.8 Å². The van der Waals surface area contributed by atoms with E-state index >= 15 is 0 Å². The molecule has 1 aliphatic rings. The van der Waals surface area contributed by atoms with Gasteiger partial charge in [0.1, 0.15) is 0 Å². The normalized spacial score (nSPS) is 16.2. The molecule has 0 saturated carbocycles. The largest absolute Gasteiger partial charge is 0.455 e. The van der Waals surface area contributed by atoms with E-state index < -0.39 is 24.4 Å². The van der Waals surface area contributed by atoms with E-state index in [0.29, 0.717) is 16.4 Å². The van der Waals surface area contributed by atoms with Crippen LogP contribution in [0.1, 0.15) is 17.5 Å². The number of para-hydroxylation sites is 1. The number of nitrogens with one attached hydrogen (secondary N) is 1. The lowest BCUT2D eigenvalue weighted by Gasteiger charge is -2.17. The number of benzene rings is 2. The Labute approximate surface area is 168 Å². The van der Waals surface area contributed by atoms with Crippen LogP contribution in [-0.4, -0.2) is 30.9 Å². The average Bonchev–Trinajstić information content (AvgIpc) is 3.05. The van der Waals surface area contributed by atoms with Crippen molar-refractivity contribution < 1.29 is 19.1 Å². The Hall–Kier alpha value is -2.86. The Kier molecular flexibility index (Phi) is 5.99. The first-order valence-electron chi connectivity index (χ1n) is 8.94. The summed E-state index contributed by atoms with van der Waals surface area (Å²) in [5.74, 6) is -1.82. The number of nitrogens with zero attached hydrogens (tertiary/aromatic N) is 1. The van der Waals surface area contributed by atoms with Crippen LogP contribution in [0.2, 0.25) is 5.02 Å². The molecule has 2 aromatic rings. The van der Waals surface area contributed by atoms with Crippen LogP contribution in [0.4, 0.5) is 11.4 Å². The molecule has 1 atom stereocenters. The topological polar surface area (TPSA) is 75.7 Å². The van der Waals surface area contributed by atoms with Gasteiger partial charge in [0, 0.05) is 18.7 Å². The van der Waals surface area contributed by atoms with Crippen molar-refractivity contribution in [2.75, 3.05) is 23.4 Å². The van der Waals surface area contributed by atoms with Gasteiger partial charge in [0.05, 0.1) is 16.6 Å². The number of anilines is 2. The molecule has 6 nitrogen and oxygen atoms in total. The Morgan fingerprint density at radius 2 is 1.93 bits per heavy atom. The van der Waals surface area contributed by atoms with Gasteiger partial charge in [-0.2, -0.15) is 0 Å². The molecule has 1 fully saturated rings. The van der Waals surface area contributed by atoms with Crippen molar-refractivity contribution in [1.82, 2.24) is 0 Å². The molecule has 7 heteroatoms. The van der Waals surface area contributed by atoms with Gasteiger partial charge in [-0.15, -0.1) is 0 Å². The van der Waals surface area contributed by atoms with E-state index in [-0.39, 0.29) is 18.9 Å². The van der Waals surface area contributed by atoms with Crippen molar-refractivity contribution in [3.63, 3.8) is 0 Å². The first kappa shape index (κ1) is 19.9. The third kappa shape index (κ3) is 4.34. The molecule has 0 aromatic heterocycles. The molecule has 146 valence electrons. The standard InChI is InChI=1S/C21H21ClN2O4/c1-13-6-5-8-17(14(13)2)23-19(25)12-28-21(27)15-10-20(26)24(11-15)18-9-4-3-7-16(18)22/h3-9,15H,10-12H2,1-2H3,(H,23,25)/t15-/m1/s1. The SMILES string of the molecule is Cc1cccc(NC(=O)COC(=O)[C@@H]2CC(=O)N(c3ccccc3Cl)C2)c1C. The molecule has 3 rings (SSSR count). The van der Waals surface area contributed by atoms with E-state index in [4.69, 9.17) is 16.3 Å². The monoisotopic (exact) mass is 400 g/mol. The first-order chi connectivity index (χ1) is 13.4. The molecular weight excluding hydrogens is 380 g/mol. The van der Waals surface area contributed by atoms with Crippen LogP contribution in [0.5, 0.6) is 0 Å². The molecule has 1 aliphatic heterocycles. The summed E-state index contributed by atoms with van der Waals surface area (Å²) < 4.78 is 5.13. The van der Waals surface area contributed by atoms with Crippen molar-refractivity contribution in [3.05, 3.63) is 58.6 Å². The third-order valence-electron chi connectivity index (χ3n) is 4.83. The van der Waals surface area contributed by atoms with Gasteiger partial charge in [0.15, 0.2) is 6.61 Å². The first-order valence-corrected chi connectivity index (χ1v) is 9.32. The minimum Gasteiger partial charge on any atom is -0.455 e. The van der Waals surface area contributed by atoms with E-state index in [1.807, 2.05) is 26.0 Å². The number of hydrogen-bond acceptors (Lipinski definition) is 4. The average molecular weight is 401 g/mol. The summed E-state index contributed by atoms with van der Waals surface area (Å²) in [5.41, 5.74) is 3.26. The fraction of sp³-hybridized carbons (Fsp3) is 0.286. The zero-order chi connectivity index (χ0) is 20.3. The zero-order valence-electron chi connectivity index (χ0n) is 15.7. The van der Waals surface area contributed by atoms with Gasteiger partial charge in [-0.05, 0) is 43.2 Å². The predicted octanol–water partition coefficient (Wildman–Crippen LogP) is 3.49. The van der Waals surface area contributed by atoms with Crippen LogP contribution in [0.3, 0.4) is 0 Å². The minimum absolute atomic E-state index is 0.0304. The summed E-state index contributed by atoms with van der Waals surface area (Å²) in [7, 11) is 0. The second kappa shape index (κ2) is 8.44. The summed E-state index contributed by atoms with van der Waals surface area (Å²) in [5, 5.41) is 3.18. The maximum atomic E-state index is 12.3. The molecule has 1 heterocycles. The van der Waals surface area contributed by atoms with Crippen molar-refractivity contribution in [2.24, 2.45) is 5.92 Å². The summed E-state index contributed by atoms with van der Waals surface area (Å²) >= 11 is 6.14. The molecule has 2 amide bonds. The highest BCUT2D eigenvalue weighted by molar-refractivity contribution is 6.33. The summed E-state index contributed by atoms with van der Waals surface area (Å²) in [4.78, 5) is 38.2. The van der Waals surface area contributed by atoms with Gasteiger partial charge in [-0.3, -0.25) is 14.4 Å². The number of amides is 2. The zero-order valence-corrected chi connectivity index (χ0v) is 16.5. The Bertz CT molecular complexity index is 928. The van der Waals surface area contributed by atoms with E-state index in [9.17, 15) is 14.4 Å². The molecule has 0 aliphatic carbocycles. The molecule has 1 N–H and O–H groups in total. The Morgan fingerprint density at radius 1 is 1.18 bits per heavy atom. The summed E-state index contributed by atoms with van der Waals surface area (Å²) in [6, 6.07) is 12.5. The van der Waals surface area contributed by atoms with Gasteiger partial charge in [0.25, 0.3) is 5.91 Å². The number of ether oxygens (including phenoxy) is 1. The van der Waals surface area contributed by atoms with E-state index in [1.54, 1.807) is 30.3 Å². The molecule has 2 aromatic carbocycles. The fourth-order valence-corrected chi connectivity index (χ4v) is 3.33. The smallest absolute Gasteiger partial charge is 0.311 e. The van der Waals surface area contributed by atoms with E-state index in [2.05, 4.69) is 5.32 Å². The number of esters is 1. The highest BCUT2D eigenvalue weighted by atomic mass is 35.5. The number of hydrogen-bond donors (Lipinski definition) is 1. The van der Waals surface area contributed by atoms with Gasteiger partial charge >= 0.3 is 5.97 Å².